The minimum atomic E-state index is 0.251. The molecule has 152 valence electrons. The predicted octanol–water partition coefficient (Wildman–Crippen LogP) is 3.24. The Labute approximate surface area is 171 Å². The first-order chi connectivity index (χ1) is 14.2. The van der Waals surface area contributed by atoms with Crippen LogP contribution < -0.4 is 4.74 Å². The van der Waals surface area contributed by atoms with E-state index in [1.807, 2.05) is 35.4 Å². The average Bonchev–Trinajstić information content (AvgIpc) is 3.10. The number of carbonyl (C=O) groups excluding carboxylic acids is 1. The van der Waals surface area contributed by atoms with Crippen LogP contribution in [0.2, 0.25) is 0 Å². The van der Waals surface area contributed by atoms with Crippen LogP contribution in [0.5, 0.6) is 5.75 Å². The lowest BCUT2D eigenvalue weighted by atomic mass is 10.1. The third kappa shape index (κ3) is 4.95. The fourth-order valence-electron chi connectivity index (χ4n) is 3.92. The monoisotopic (exact) mass is 392 g/mol. The van der Waals surface area contributed by atoms with Crippen LogP contribution in [-0.2, 0) is 17.8 Å². The second-order valence-corrected chi connectivity index (χ2v) is 7.65. The number of benzene rings is 2. The molecule has 1 N–H and O–H groups in total. The highest BCUT2D eigenvalue weighted by Crippen LogP contribution is 2.17. The van der Waals surface area contributed by atoms with Gasteiger partial charge in [-0.1, -0.05) is 24.3 Å². The van der Waals surface area contributed by atoms with Gasteiger partial charge >= 0.3 is 0 Å². The molecule has 29 heavy (non-hydrogen) atoms. The Hall–Kier alpha value is -2.86. The molecule has 0 saturated carbocycles. The van der Waals surface area contributed by atoms with Crippen molar-refractivity contribution >= 4 is 16.8 Å². The number of hydrogen-bond donors (Lipinski definition) is 1. The zero-order chi connectivity index (χ0) is 20.1. The number of rotatable bonds is 6. The molecular weight excluding hydrogens is 364 g/mol. The van der Waals surface area contributed by atoms with E-state index in [-0.39, 0.29) is 5.91 Å². The quantitative estimate of drug-likeness (QED) is 0.700. The molecule has 1 aliphatic rings. The fourth-order valence-corrected chi connectivity index (χ4v) is 3.92. The van der Waals surface area contributed by atoms with E-state index in [2.05, 4.69) is 33.3 Å². The van der Waals surface area contributed by atoms with Crippen LogP contribution >= 0.6 is 0 Å². The van der Waals surface area contributed by atoms with Gasteiger partial charge in [-0.15, -0.1) is 0 Å². The van der Waals surface area contributed by atoms with Crippen LogP contribution in [-0.4, -0.2) is 59.2 Å². The lowest BCUT2D eigenvalue weighted by Gasteiger charge is -2.22. The number of hydrogen-bond acceptors (Lipinski definition) is 4. The van der Waals surface area contributed by atoms with E-state index in [9.17, 15) is 4.79 Å². The van der Waals surface area contributed by atoms with Gasteiger partial charge in [-0.25, -0.2) is 0 Å². The first kappa shape index (κ1) is 19.5. The molecule has 6 heteroatoms. The van der Waals surface area contributed by atoms with Crippen molar-refractivity contribution < 1.29 is 9.53 Å². The summed E-state index contributed by atoms with van der Waals surface area (Å²) in [7, 11) is 1.66. The lowest BCUT2D eigenvalue weighted by molar-refractivity contribution is -0.131. The summed E-state index contributed by atoms with van der Waals surface area (Å²) in [6.45, 7) is 4.48. The van der Waals surface area contributed by atoms with Crippen LogP contribution in [0.4, 0.5) is 0 Å². The summed E-state index contributed by atoms with van der Waals surface area (Å²) in [5.74, 6) is 1.10. The Morgan fingerprint density at radius 2 is 1.90 bits per heavy atom. The third-order valence-electron chi connectivity index (χ3n) is 5.64. The summed E-state index contributed by atoms with van der Waals surface area (Å²) in [5, 5.41) is 8.27. The Morgan fingerprint density at radius 3 is 2.72 bits per heavy atom. The van der Waals surface area contributed by atoms with Crippen LogP contribution in [0, 0.1) is 0 Å². The number of aryl methyl sites for hydroxylation is 1. The number of fused-ring (bicyclic) bond motifs is 1. The number of amides is 1. The van der Waals surface area contributed by atoms with Gasteiger partial charge < -0.3 is 9.64 Å². The van der Waals surface area contributed by atoms with Crippen molar-refractivity contribution in [1.82, 2.24) is 20.0 Å². The van der Waals surface area contributed by atoms with Gasteiger partial charge in [0.2, 0.25) is 5.91 Å². The number of nitrogens with zero attached hydrogens (tertiary/aromatic N) is 3. The number of ether oxygens (including phenoxy) is 1. The van der Waals surface area contributed by atoms with Crippen LogP contribution in [0.1, 0.15) is 24.0 Å². The SMILES string of the molecule is COc1ccc(CCC(=O)N2CCCN(Cc3ccc4cn[nH]c4c3)CC2)cc1. The normalized spacial score (nSPS) is 15.4. The minimum Gasteiger partial charge on any atom is -0.497 e. The Balaban J connectivity index is 1.27. The van der Waals surface area contributed by atoms with Crippen molar-refractivity contribution in [2.75, 3.05) is 33.3 Å². The molecule has 1 amide bonds. The highest BCUT2D eigenvalue weighted by Gasteiger charge is 2.19. The molecule has 0 unspecified atom stereocenters. The highest BCUT2D eigenvalue weighted by molar-refractivity contribution is 5.78. The molecule has 2 heterocycles. The Kier molecular flexibility index (Phi) is 6.10. The summed E-state index contributed by atoms with van der Waals surface area (Å²) < 4.78 is 5.19. The fraction of sp³-hybridized carbons (Fsp3) is 0.391. The van der Waals surface area contributed by atoms with Gasteiger partial charge in [0.15, 0.2) is 0 Å². The number of H-pyrrole nitrogens is 1. The Morgan fingerprint density at radius 1 is 1.07 bits per heavy atom. The van der Waals surface area contributed by atoms with E-state index in [1.165, 1.54) is 11.1 Å². The molecule has 0 radical (unpaired) electrons. The van der Waals surface area contributed by atoms with Gasteiger partial charge in [0, 0.05) is 44.5 Å². The van der Waals surface area contributed by atoms with Crippen molar-refractivity contribution in [3.63, 3.8) is 0 Å². The van der Waals surface area contributed by atoms with Crippen molar-refractivity contribution in [3.8, 4) is 5.75 Å². The van der Waals surface area contributed by atoms with E-state index in [1.54, 1.807) is 7.11 Å². The minimum absolute atomic E-state index is 0.251. The summed E-state index contributed by atoms with van der Waals surface area (Å²) in [6.07, 6.45) is 4.19. The van der Waals surface area contributed by atoms with E-state index in [4.69, 9.17) is 4.74 Å². The summed E-state index contributed by atoms with van der Waals surface area (Å²) in [6, 6.07) is 14.4. The molecule has 4 rings (SSSR count). The molecule has 1 aliphatic heterocycles. The third-order valence-corrected chi connectivity index (χ3v) is 5.64. The van der Waals surface area contributed by atoms with Gasteiger partial charge in [-0.05, 0) is 42.2 Å². The van der Waals surface area contributed by atoms with Gasteiger partial charge in [0.05, 0.1) is 18.8 Å². The van der Waals surface area contributed by atoms with E-state index in [0.717, 1.165) is 62.2 Å². The average molecular weight is 393 g/mol. The van der Waals surface area contributed by atoms with E-state index < -0.39 is 0 Å². The number of aromatic nitrogens is 2. The molecular formula is C23H28N4O2. The van der Waals surface area contributed by atoms with Crippen molar-refractivity contribution in [3.05, 3.63) is 59.8 Å². The van der Waals surface area contributed by atoms with Gasteiger partial charge in [0.25, 0.3) is 0 Å². The molecule has 3 aromatic rings. The summed E-state index contributed by atoms with van der Waals surface area (Å²) in [5.41, 5.74) is 3.53. The number of aromatic amines is 1. The topological polar surface area (TPSA) is 61.5 Å². The molecule has 2 aromatic carbocycles. The first-order valence-electron chi connectivity index (χ1n) is 10.3. The predicted molar refractivity (Wildman–Crippen MR) is 114 cm³/mol. The molecule has 0 atom stereocenters. The van der Waals surface area contributed by atoms with Crippen LogP contribution in [0.25, 0.3) is 10.9 Å². The maximum absolute atomic E-state index is 12.7. The van der Waals surface area contributed by atoms with Gasteiger partial charge in [-0.3, -0.25) is 14.8 Å². The van der Waals surface area contributed by atoms with Crippen molar-refractivity contribution in [2.24, 2.45) is 0 Å². The lowest BCUT2D eigenvalue weighted by Crippen LogP contribution is -2.35. The number of carbonyl (C=O) groups is 1. The summed E-state index contributed by atoms with van der Waals surface area (Å²) >= 11 is 0. The number of nitrogens with one attached hydrogen (secondary N) is 1. The van der Waals surface area contributed by atoms with Gasteiger partial charge in [0.1, 0.15) is 5.75 Å². The largest absolute Gasteiger partial charge is 0.497 e. The molecule has 0 spiro atoms. The van der Waals surface area contributed by atoms with Crippen molar-refractivity contribution in [2.45, 2.75) is 25.8 Å². The zero-order valence-corrected chi connectivity index (χ0v) is 16.9. The molecule has 0 aliphatic carbocycles. The van der Waals surface area contributed by atoms with Crippen molar-refractivity contribution in [1.29, 1.82) is 0 Å². The molecule has 1 aromatic heterocycles. The molecule has 1 fully saturated rings. The van der Waals surface area contributed by atoms with E-state index in [0.29, 0.717) is 6.42 Å². The maximum Gasteiger partial charge on any atom is 0.222 e. The first-order valence-corrected chi connectivity index (χ1v) is 10.3. The smallest absolute Gasteiger partial charge is 0.222 e. The molecule has 1 saturated heterocycles. The molecule has 0 bridgehead atoms. The second kappa shape index (κ2) is 9.09. The standard InChI is InChI=1S/C23H28N4O2/c1-29-21-8-4-18(5-9-21)6-10-23(28)27-12-2-11-26(13-14-27)17-19-3-7-20-16-24-25-22(20)15-19/h3-5,7-9,15-16H,2,6,10-14,17H2,1H3,(H,24,25). The molecule has 6 nitrogen and oxygen atoms in total. The zero-order valence-electron chi connectivity index (χ0n) is 16.9. The van der Waals surface area contributed by atoms with Crippen LogP contribution in [0.15, 0.2) is 48.7 Å². The van der Waals surface area contributed by atoms with E-state index >= 15 is 0 Å². The summed E-state index contributed by atoms with van der Waals surface area (Å²) in [4.78, 5) is 17.2. The Bertz CT molecular complexity index is 951. The van der Waals surface area contributed by atoms with Crippen LogP contribution in [0.3, 0.4) is 0 Å². The second-order valence-electron chi connectivity index (χ2n) is 7.65. The van der Waals surface area contributed by atoms with Gasteiger partial charge in [-0.2, -0.15) is 5.10 Å². The maximum atomic E-state index is 12.7. The highest BCUT2D eigenvalue weighted by atomic mass is 16.5. The number of methoxy groups -OCH3 is 1.